The molecule has 108 valence electrons. The number of aromatic nitrogens is 6. The van der Waals surface area contributed by atoms with Gasteiger partial charge in [0.05, 0.1) is 13.2 Å². The van der Waals surface area contributed by atoms with Gasteiger partial charge in [-0.05, 0) is 6.42 Å². The molecule has 4 N–H and O–H groups in total. The molecule has 2 rings (SSSR count). The van der Waals surface area contributed by atoms with Crippen LogP contribution in [0.3, 0.4) is 0 Å². The van der Waals surface area contributed by atoms with E-state index in [9.17, 15) is 0 Å². The van der Waals surface area contributed by atoms with Gasteiger partial charge in [-0.2, -0.15) is 24.7 Å². The second-order valence-electron chi connectivity index (χ2n) is 3.77. The second-order valence-corrected chi connectivity index (χ2v) is 3.77. The van der Waals surface area contributed by atoms with Crippen LogP contribution in [-0.4, -0.2) is 61.2 Å². The van der Waals surface area contributed by atoms with Gasteiger partial charge in [-0.15, -0.1) is 0 Å². The Balaban J connectivity index is 1.88. The standard InChI is InChI=1S/C10H16N8O2/c11-8-15-9(13-2-1-4-20-5-3-19)17-10(16-8)18-7-12-6-14-18/h6-7,19H,1-5H2,(H3,11,13,15,16,17). The predicted molar refractivity (Wildman–Crippen MR) is 70.2 cm³/mol. The van der Waals surface area contributed by atoms with E-state index >= 15 is 0 Å². The summed E-state index contributed by atoms with van der Waals surface area (Å²) in [4.78, 5) is 15.9. The lowest BCUT2D eigenvalue weighted by Gasteiger charge is -2.07. The number of hydrogen-bond acceptors (Lipinski definition) is 9. The molecule has 0 spiro atoms. The number of nitrogens with one attached hydrogen (secondary N) is 1. The molecular formula is C10H16N8O2. The molecular weight excluding hydrogens is 264 g/mol. The van der Waals surface area contributed by atoms with Crippen LogP contribution in [0.25, 0.3) is 5.95 Å². The number of hydrogen-bond donors (Lipinski definition) is 3. The van der Waals surface area contributed by atoms with E-state index in [0.29, 0.717) is 31.7 Å². The summed E-state index contributed by atoms with van der Waals surface area (Å²) in [7, 11) is 0. The van der Waals surface area contributed by atoms with Gasteiger partial charge >= 0.3 is 0 Å². The Bertz CT molecular complexity index is 518. The summed E-state index contributed by atoms with van der Waals surface area (Å²) in [5, 5.41) is 15.5. The number of nitrogen functional groups attached to an aromatic ring is 1. The maximum absolute atomic E-state index is 8.56. The second kappa shape index (κ2) is 7.31. The molecule has 0 atom stereocenters. The molecule has 10 heteroatoms. The van der Waals surface area contributed by atoms with E-state index in [4.69, 9.17) is 15.6 Å². The van der Waals surface area contributed by atoms with Crippen molar-refractivity contribution in [3.8, 4) is 5.95 Å². The van der Waals surface area contributed by atoms with Crippen molar-refractivity contribution in [2.75, 3.05) is 37.4 Å². The quantitative estimate of drug-likeness (QED) is 0.511. The van der Waals surface area contributed by atoms with E-state index < -0.39 is 0 Å². The molecule has 0 aliphatic heterocycles. The van der Waals surface area contributed by atoms with Crippen molar-refractivity contribution in [2.24, 2.45) is 0 Å². The SMILES string of the molecule is Nc1nc(NCCCOCCO)nc(-n2cncn2)n1. The maximum Gasteiger partial charge on any atom is 0.258 e. The van der Waals surface area contributed by atoms with Crippen molar-refractivity contribution >= 4 is 11.9 Å². The molecule has 0 aliphatic carbocycles. The molecule has 10 nitrogen and oxygen atoms in total. The zero-order chi connectivity index (χ0) is 14.2. The first-order chi connectivity index (χ1) is 9.79. The van der Waals surface area contributed by atoms with Gasteiger partial charge in [0.25, 0.3) is 5.95 Å². The molecule has 0 aliphatic rings. The van der Waals surface area contributed by atoms with Crippen molar-refractivity contribution in [2.45, 2.75) is 6.42 Å². The third-order valence-electron chi connectivity index (χ3n) is 2.25. The Kier molecular flexibility index (Phi) is 5.15. The average molecular weight is 280 g/mol. The van der Waals surface area contributed by atoms with Crippen molar-refractivity contribution < 1.29 is 9.84 Å². The molecule has 0 radical (unpaired) electrons. The molecule has 0 bridgehead atoms. The van der Waals surface area contributed by atoms with Gasteiger partial charge in [0.1, 0.15) is 12.7 Å². The van der Waals surface area contributed by atoms with Gasteiger partial charge in [0, 0.05) is 13.2 Å². The van der Waals surface area contributed by atoms with Crippen LogP contribution >= 0.6 is 0 Å². The topological polar surface area (TPSA) is 137 Å². The smallest absolute Gasteiger partial charge is 0.258 e. The van der Waals surface area contributed by atoms with Crippen molar-refractivity contribution in [3.63, 3.8) is 0 Å². The maximum atomic E-state index is 8.56. The molecule has 2 aromatic heterocycles. The predicted octanol–water partition coefficient (Wildman–Crippen LogP) is -1.15. The minimum atomic E-state index is 0.0265. The summed E-state index contributed by atoms with van der Waals surface area (Å²) >= 11 is 0. The molecule has 2 heterocycles. The number of ether oxygens (including phenoxy) is 1. The van der Waals surface area contributed by atoms with Gasteiger partial charge in [-0.25, -0.2) is 4.98 Å². The van der Waals surface area contributed by atoms with Gasteiger partial charge in [-0.3, -0.25) is 0 Å². The van der Waals surface area contributed by atoms with Crippen LogP contribution in [0.5, 0.6) is 0 Å². The number of aliphatic hydroxyl groups is 1. The van der Waals surface area contributed by atoms with E-state index in [2.05, 4.69) is 30.4 Å². The molecule has 20 heavy (non-hydrogen) atoms. The van der Waals surface area contributed by atoms with Gasteiger partial charge in [-0.1, -0.05) is 0 Å². The lowest BCUT2D eigenvalue weighted by molar-refractivity contribution is 0.0921. The summed E-state index contributed by atoms with van der Waals surface area (Å²) < 4.78 is 6.53. The highest BCUT2D eigenvalue weighted by Crippen LogP contribution is 2.05. The monoisotopic (exact) mass is 280 g/mol. The molecule has 0 amide bonds. The Morgan fingerprint density at radius 1 is 1.30 bits per heavy atom. The number of rotatable bonds is 8. The third-order valence-corrected chi connectivity index (χ3v) is 2.25. The van der Waals surface area contributed by atoms with Gasteiger partial charge in [0.15, 0.2) is 0 Å². The molecule has 0 aromatic carbocycles. The van der Waals surface area contributed by atoms with E-state index in [1.165, 1.54) is 17.3 Å². The molecule has 0 unspecified atom stereocenters. The Labute approximate surface area is 115 Å². The lowest BCUT2D eigenvalue weighted by Crippen LogP contribution is -2.13. The summed E-state index contributed by atoms with van der Waals surface area (Å²) in [5.41, 5.74) is 5.62. The first-order valence-corrected chi connectivity index (χ1v) is 6.08. The van der Waals surface area contributed by atoms with Crippen molar-refractivity contribution in [1.29, 1.82) is 0 Å². The Hall–Kier alpha value is -2.33. The van der Waals surface area contributed by atoms with E-state index in [1.807, 2.05) is 0 Å². The third kappa shape index (κ3) is 4.10. The number of aliphatic hydroxyl groups excluding tert-OH is 1. The minimum absolute atomic E-state index is 0.0265. The van der Waals surface area contributed by atoms with Crippen molar-refractivity contribution in [3.05, 3.63) is 12.7 Å². The molecule has 0 fully saturated rings. The van der Waals surface area contributed by atoms with Crippen LogP contribution in [0.15, 0.2) is 12.7 Å². The fourth-order valence-corrected chi connectivity index (χ4v) is 1.41. The first kappa shape index (κ1) is 14.1. The highest BCUT2D eigenvalue weighted by molar-refractivity contribution is 5.34. The zero-order valence-corrected chi connectivity index (χ0v) is 10.8. The summed E-state index contributed by atoms with van der Waals surface area (Å²) in [6.45, 7) is 1.53. The number of anilines is 2. The lowest BCUT2D eigenvalue weighted by atomic mass is 10.4. The van der Waals surface area contributed by atoms with E-state index in [0.717, 1.165) is 6.42 Å². The van der Waals surface area contributed by atoms with Gasteiger partial charge < -0.3 is 20.9 Å². The first-order valence-electron chi connectivity index (χ1n) is 6.08. The Morgan fingerprint density at radius 3 is 2.95 bits per heavy atom. The van der Waals surface area contributed by atoms with Crippen molar-refractivity contribution in [1.82, 2.24) is 29.7 Å². The fraction of sp³-hybridized carbons (Fsp3) is 0.500. The molecule has 0 saturated carbocycles. The van der Waals surface area contributed by atoms with Crippen LogP contribution in [-0.2, 0) is 4.74 Å². The fourth-order valence-electron chi connectivity index (χ4n) is 1.41. The zero-order valence-electron chi connectivity index (χ0n) is 10.8. The minimum Gasteiger partial charge on any atom is -0.394 e. The van der Waals surface area contributed by atoms with Crippen LogP contribution in [0, 0.1) is 0 Å². The highest BCUT2D eigenvalue weighted by atomic mass is 16.5. The van der Waals surface area contributed by atoms with Crippen LogP contribution in [0.4, 0.5) is 11.9 Å². The summed E-state index contributed by atoms with van der Waals surface area (Å²) in [6, 6.07) is 0. The largest absolute Gasteiger partial charge is 0.394 e. The number of nitrogens with zero attached hydrogens (tertiary/aromatic N) is 6. The highest BCUT2D eigenvalue weighted by Gasteiger charge is 2.06. The van der Waals surface area contributed by atoms with E-state index in [1.54, 1.807) is 0 Å². The number of nitrogens with two attached hydrogens (primary N) is 1. The molecule has 2 aromatic rings. The van der Waals surface area contributed by atoms with Crippen LogP contribution in [0.2, 0.25) is 0 Å². The van der Waals surface area contributed by atoms with Crippen LogP contribution < -0.4 is 11.1 Å². The van der Waals surface area contributed by atoms with E-state index in [-0.39, 0.29) is 12.6 Å². The average Bonchev–Trinajstić information content (AvgIpc) is 2.96. The summed E-state index contributed by atoms with van der Waals surface area (Å²) in [6.07, 6.45) is 3.61. The normalized spacial score (nSPS) is 10.7. The van der Waals surface area contributed by atoms with Gasteiger partial charge in [0.2, 0.25) is 11.9 Å². The molecule has 0 saturated heterocycles. The van der Waals surface area contributed by atoms with Crippen LogP contribution in [0.1, 0.15) is 6.42 Å². The Morgan fingerprint density at radius 2 is 2.20 bits per heavy atom. The summed E-state index contributed by atoms with van der Waals surface area (Å²) in [5.74, 6) is 0.767.